The molecule has 0 saturated carbocycles. The third-order valence-corrected chi connectivity index (χ3v) is 4.90. The maximum absolute atomic E-state index is 12.5. The number of nitriles is 1. The largest absolute Gasteiger partial charge is 0.485 e. The Kier molecular flexibility index (Phi) is 5.45. The van der Waals surface area contributed by atoms with Crippen molar-refractivity contribution in [2.45, 2.75) is 19.8 Å². The van der Waals surface area contributed by atoms with E-state index in [1.165, 1.54) is 11.3 Å². The summed E-state index contributed by atoms with van der Waals surface area (Å²) in [6.07, 6.45) is 0. The molecule has 0 fully saturated rings. The van der Waals surface area contributed by atoms with Crippen LogP contribution in [0.2, 0.25) is 0 Å². The molecule has 5 heteroatoms. The minimum Gasteiger partial charge on any atom is -0.485 e. The molecule has 3 aromatic rings. The van der Waals surface area contributed by atoms with E-state index >= 15 is 0 Å². The molecule has 3 rings (SSSR count). The van der Waals surface area contributed by atoms with Crippen LogP contribution in [0.3, 0.4) is 0 Å². The predicted octanol–water partition coefficient (Wildman–Crippen LogP) is 4.68. The van der Waals surface area contributed by atoms with Crippen molar-refractivity contribution >= 4 is 17.1 Å². The molecule has 0 N–H and O–H groups in total. The van der Waals surface area contributed by atoms with Crippen LogP contribution in [0.25, 0.3) is 11.3 Å². The molecule has 1 aromatic heterocycles. The summed E-state index contributed by atoms with van der Waals surface area (Å²) in [6, 6.07) is 17.5. The first-order valence-electron chi connectivity index (χ1n) is 8.21. The average molecular weight is 362 g/mol. The quantitative estimate of drug-likeness (QED) is 0.638. The number of aromatic nitrogens is 1. The van der Waals surface area contributed by atoms with Gasteiger partial charge in [0.15, 0.2) is 11.7 Å². The van der Waals surface area contributed by atoms with E-state index in [0.717, 1.165) is 22.4 Å². The number of ketones is 1. The molecule has 4 nitrogen and oxygen atoms in total. The molecule has 0 spiro atoms. The van der Waals surface area contributed by atoms with E-state index in [1.54, 1.807) is 0 Å². The lowest BCUT2D eigenvalue weighted by Gasteiger charge is -2.10. The number of carbonyl (C=O) groups is 1. The highest BCUT2D eigenvalue weighted by Crippen LogP contribution is 2.27. The standard InChI is InChI=1S/C21H18N2O2S/c1-14-8-9-20(15(2)10-14)25-12-19(24)17(11-22)21-23-18(13-26-21)16-6-4-3-5-7-16/h3-10,13,17H,12H2,1-2H3. The van der Waals surface area contributed by atoms with Crippen LogP contribution in [0.1, 0.15) is 22.1 Å². The Morgan fingerprint density at radius 2 is 2.00 bits per heavy atom. The monoisotopic (exact) mass is 362 g/mol. The minimum atomic E-state index is -0.914. The van der Waals surface area contributed by atoms with Crippen molar-refractivity contribution in [3.8, 4) is 23.1 Å². The number of nitrogens with zero attached hydrogens (tertiary/aromatic N) is 2. The second-order valence-electron chi connectivity index (χ2n) is 6.02. The predicted molar refractivity (Wildman–Crippen MR) is 102 cm³/mol. The summed E-state index contributed by atoms with van der Waals surface area (Å²) in [5, 5.41) is 11.8. The smallest absolute Gasteiger partial charge is 0.194 e. The molecule has 0 radical (unpaired) electrons. The van der Waals surface area contributed by atoms with E-state index in [2.05, 4.69) is 11.1 Å². The zero-order valence-corrected chi connectivity index (χ0v) is 15.4. The van der Waals surface area contributed by atoms with Gasteiger partial charge in [0.2, 0.25) is 0 Å². The number of aryl methyl sites for hydroxylation is 2. The van der Waals surface area contributed by atoms with Crippen LogP contribution in [0.15, 0.2) is 53.9 Å². The Bertz CT molecular complexity index is 958. The van der Waals surface area contributed by atoms with Crippen molar-refractivity contribution in [1.82, 2.24) is 4.98 Å². The molecule has 0 aliphatic carbocycles. The van der Waals surface area contributed by atoms with Gasteiger partial charge in [-0.1, -0.05) is 48.0 Å². The Hall–Kier alpha value is -2.97. The van der Waals surface area contributed by atoms with Crippen molar-refractivity contribution < 1.29 is 9.53 Å². The molecule has 0 amide bonds. The molecule has 1 atom stereocenters. The lowest BCUT2D eigenvalue weighted by Crippen LogP contribution is -2.19. The maximum atomic E-state index is 12.5. The molecular weight excluding hydrogens is 344 g/mol. The van der Waals surface area contributed by atoms with E-state index in [0.29, 0.717) is 10.8 Å². The number of thiazole rings is 1. The summed E-state index contributed by atoms with van der Waals surface area (Å²) in [7, 11) is 0. The molecule has 1 unspecified atom stereocenters. The first kappa shape index (κ1) is 17.8. The summed E-state index contributed by atoms with van der Waals surface area (Å²) < 4.78 is 5.63. The van der Waals surface area contributed by atoms with Crippen LogP contribution in [0, 0.1) is 25.2 Å². The van der Waals surface area contributed by atoms with Gasteiger partial charge in [-0.3, -0.25) is 4.79 Å². The van der Waals surface area contributed by atoms with Crippen molar-refractivity contribution in [2.24, 2.45) is 0 Å². The van der Waals surface area contributed by atoms with E-state index < -0.39 is 5.92 Å². The number of rotatable bonds is 6. The summed E-state index contributed by atoms with van der Waals surface area (Å²) in [5.74, 6) is -0.547. The highest BCUT2D eigenvalue weighted by Gasteiger charge is 2.24. The third-order valence-electron chi connectivity index (χ3n) is 3.99. The Morgan fingerprint density at radius 3 is 2.69 bits per heavy atom. The van der Waals surface area contributed by atoms with Gasteiger partial charge in [-0.25, -0.2) is 4.98 Å². The molecule has 130 valence electrons. The van der Waals surface area contributed by atoms with Gasteiger partial charge in [-0.05, 0) is 25.5 Å². The molecule has 26 heavy (non-hydrogen) atoms. The van der Waals surface area contributed by atoms with Gasteiger partial charge in [0.05, 0.1) is 11.8 Å². The van der Waals surface area contributed by atoms with Crippen LogP contribution < -0.4 is 4.74 Å². The van der Waals surface area contributed by atoms with Gasteiger partial charge in [0.25, 0.3) is 0 Å². The molecule has 0 bridgehead atoms. The summed E-state index contributed by atoms with van der Waals surface area (Å²) >= 11 is 1.32. The minimum absolute atomic E-state index is 0.150. The number of Topliss-reactive ketones (excluding diaryl/α,β-unsaturated/α-hetero) is 1. The van der Waals surface area contributed by atoms with E-state index in [1.807, 2.05) is 67.8 Å². The topological polar surface area (TPSA) is 63.0 Å². The molecule has 0 aliphatic heterocycles. The van der Waals surface area contributed by atoms with Gasteiger partial charge in [0.1, 0.15) is 17.4 Å². The first-order chi connectivity index (χ1) is 12.6. The summed E-state index contributed by atoms with van der Waals surface area (Å²) in [4.78, 5) is 17.0. The number of ether oxygens (including phenoxy) is 1. The lowest BCUT2D eigenvalue weighted by atomic mass is 10.1. The Morgan fingerprint density at radius 1 is 1.23 bits per heavy atom. The van der Waals surface area contributed by atoms with Crippen molar-refractivity contribution in [1.29, 1.82) is 5.26 Å². The van der Waals surface area contributed by atoms with Crippen LogP contribution in [-0.2, 0) is 4.79 Å². The highest BCUT2D eigenvalue weighted by atomic mass is 32.1. The van der Waals surface area contributed by atoms with Gasteiger partial charge < -0.3 is 4.74 Å². The number of hydrogen-bond acceptors (Lipinski definition) is 5. The zero-order chi connectivity index (χ0) is 18.5. The molecule has 0 saturated heterocycles. The van der Waals surface area contributed by atoms with E-state index in [-0.39, 0.29) is 12.4 Å². The van der Waals surface area contributed by atoms with Crippen LogP contribution >= 0.6 is 11.3 Å². The normalized spacial score (nSPS) is 11.6. The zero-order valence-electron chi connectivity index (χ0n) is 14.6. The third kappa shape index (κ3) is 3.98. The second kappa shape index (κ2) is 7.94. The highest BCUT2D eigenvalue weighted by molar-refractivity contribution is 7.10. The molecule has 0 aliphatic rings. The van der Waals surface area contributed by atoms with E-state index in [4.69, 9.17) is 4.74 Å². The van der Waals surface area contributed by atoms with Crippen LogP contribution in [0.4, 0.5) is 0 Å². The number of carbonyl (C=O) groups excluding carboxylic acids is 1. The second-order valence-corrected chi connectivity index (χ2v) is 6.91. The summed E-state index contributed by atoms with van der Waals surface area (Å²) in [6.45, 7) is 3.78. The van der Waals surface area contributed by atoms with Crippen molar-refractivity contribution in [3.05, 3.63) is 70.0 Å². The summed E-state index contributed by atoms with van der Waals surface area (Å²) in [5.41, 5.74) is 3.83. The maximum Gasteiger partial charge on any atom is 0.194 e. The van der Waals surface area contributed by atoms with Gasteiger partial charge in [-0.2, -0.15) is 5.26 Å². The number of benzene rings is 2. The average Bonchev–Trinajstić information content (AvgIpc) is 3.12. The number of hydrogen-bond donors (Lipinski definition) is 0. The molecule has 1 heterocycles. The lowest BCUT2D eigenvalue weighted by molar-refractivity contribution is -0.121. The van der Waals surface area contributed by atoms with Gasteiger partial charge in [-0.15, -0.1) is 11.3 Å². The fraction of sp³-hybridized carbons (Fsp3) is 0.190. The Labute approximate surface area is 156 Å². The van der Waals surface area contributed by atoms with Crippen LogP contribution in [0.5, 0.6) is 5.75 Å². The Balaban J connectivity index is 1.71. The SMILES string of the molecule is Cc1ccc(OCC(=O)C(C#N)c2nc(-c3ccccc3)cs2)c(C)c1. The van der Waals surface area contributed by atoms with Gasteiger partial charge >= 0.3 is 0 Å². The fourth-order valence-corrected chi connectivity index (χ4v) is 3.51. The van der Waals surface area contributed by atoms with Crippen molar-refractivity contribution in [2.75, 3.05) is 6.61 Å². The van der Waals surface area contributed by atoms with Gasteiger partial charge in [0, 0.05) is 10.9 Å². The van der Waals surface area contributed by atoms with Crippen LogP contribution in [-0.4, -0.2) is 17.4 Å². The fourth-order valence-electron chi connectivity index (χ4n) is 2.62. The molecule has 2 aromatic carbocycles. The van der Waals surface area contributed by atoms with Crippen molar-refractivity contribution in [3.63, 3.8) is 0 Å². The first-order valence-corrected chi connectivity index (χ1v) is 9.09. The van der Waals surface area contributed by atoms with E-state index in [9.17, 15) is 10.1 Å². The molecular formula is C21H18N2O2S.